The van der Waals surface area contributed by atoms with Crippen LogP contribution in [0.3, 0.4) is 0 Å². The molecule has 0 aromatic heterocycles. The van der Waals surface area contributed by atoms with E-state index in [1.165, 1.54) is 12.8 Å². The van der Waals surface area contributed by atoms with E-state index in [9.17, 15) is 15.0 Å². The summed E-state index contributed by atoms with van der Waals surface area (Å²) < 4.78 is 0. The van der Waals surface area contributed by atoms with E-state index in [4.69, 9.17) is 0 Å². The Morgan fingerprint density at radius 3 is 2.68 bits per heavy atom. The molecule has 3 heteroatoms. The number of hydrogen-bond acceptors (Lipinski definition) is 3. The summed E-state index contributed by atoms with van der Waals surface area (Å²) in [6.07, 6.45) is 8.13. The Balaban J connectivity index is 1.73. The first-order chi connectivity index (χ1) is 10.4. The topological polar surface area (TPSA) is 57.5 Å². The van der Waals surface area contributed by atoms with E-state index in [0.29, 0.717) is 23.0 Å². The van der Waals surface area contributed by atoms with Crippen molar-refractivity contribution in [1.29, 1.82) is 0 Å². The van der Waals surface area contributed by atoms with Crippen LogP contribution >= 0.6 is 0 Å². The molecule has 7 atom stereocenters. The minimum atomic E-state index is -0.843. The lowest BCUT2D eigenvalue weighted by atomic mass is 9.42. The highest BCUT2D eigenvalue weighted by molar-refractivity contribution is 5.82. The smallest absolute Gasteiger partial charge is 0.136 e. The number of hydrogen-bond donors (Lipinski definition) is 2. The molecule has 0 radical (unpaired) electrons. The molecule has 1 spiro atoms. The third-order valence-corrected chi connectivity index (χ3v) is 8.78. The van der Waals surface area contributed by atoms with Gasteiger partial charge in [-0.1, -0.05) is 13.8 Å². The van der Waals surface area contributed by atoms with Gasteiger partial charge in [0, 0.05) is 12.3 Å². The van der Waals surface area contributed by atoms with Gasteiger partial charge in [-0.25, -0.2) is 0 Å². The minimum absolute atomic E-state index is 0.0878. The first kappa shape index (κ1) is 15.1. The number of carbonyl (C=O) groups is 1. The van der Waals surface area contributed by atoms with Crippen molar-refractivity contribution < 1.29 is 15.0 Å². The van der Waals surface area contributed by atoms with E-state index in [2.05, 4.69) is 13.8 Å². The van der Waals surface area contributed by atoms with Crippen LogP contribution in [-0.2, 0) is 4.79 Å². The Morgan fingerprint density at radius 1 is 1.18 bits per heavy atom. The number of rotatable bonds is 1. The number of ketones is 1. The molecule has 4 aliphatic carbocycles. The van der Waals surface area contributed by atoms with Gasteiger partial charge in [0.1, 0.15) is 5.78 Å². The molecule has 0 heterocycles. The predicted molar refractivity (Wildman–Crippen MR) is 84.2 cm³/mol. The Labute approximate surface area is 133 Å². The van der Waals surface area contributed by atoms with Crippen molar-refractivity contribution in [1.82, 2.24) is 0 Å². The van der Waals surface area contributed by atoms with Crippen LogP contribution in [0.15, 0.2) is 0 Å². The molecule has 22 heavy (non-hydrogen) atoms. The fourth-order valence-electron chi connectivity index (χ4n) is 7.34. The van der Waals surface area contributed by atoms with Gasteiger partial charge in [-0.3, -0.25) is 4.79 Å². The maximum Gasteiger partial charge on any atom is 0.136 e. The Morgan fingerprint density at radius 2 is 1.95 bits per heavy atom. The second-order valence-electron chi connectivity index (χ2n) is 9.11. The van der Waals surface area contributed by atoms with Crippen LogP contribution in [-0.4, -0.2) is 28.2 Å². The lowest BCUT2D eigenvalue weighted by Gasteiger charge is -2.62. The second-order valence-corrected chi connectivity index (χ2v) is 9.11. The molecule has 124 valence electrons. The summed E-state index contributed by atoms with van der Waals surface area (Å²) in [6, 6.07) is 0. The number of aliphatic hydroxyl groups excluding tert-OH is 1. The maximum absolute atomic E-state index is 12.2. The van der Waals surface area contributed by atoms with Gasteiger partial charge in [0.2, 0.25) is 0 Å². The predicted octanol–water partition coefficient (Wildman–Crippen LogP) is 2.93. The molecular weight excluding hydrogens is 276 g/mol. The van der Waals surface area contributed by atoms with Crippen LogP contribution in [0.1, 0.15) is 65.2 Å². The van der Waals surface area contributed by atoms with Crippen molar-refractivity contribution in [2.45, 2.75) is 70.8 Å². The van der Waals surface area contributed by atoms with Crippen molar-refractivity contribution in [3.8, 4) is 0 Å². The molecule has 4 saturated carbocycles. The summed E-state index contributed by atoms with van der Waals surface area (Å²) in [6.45, 7) is 4.52. The van der Waals surface area contributed by atoms with Crippen LogP contribution in [0.4, 0.5) is 0 Å². The zero-order valence-electron chi connectivity index (χ0n) is 14.0. The van der Waals surface area contributed by atoms with Crippen LogP contribution in [0.25, 0.3) is 0 Å². The Hall–Kier alpha value is -0.410. The largest absolute Gasteiger partial charge is 0.393 e. The molecule has 0 aliphatic heterocycles. The molecule has 0 saturated heterocycles. The van der Waals surface area contributed by atoms with E-state index >= 15 is 0 Å². The average Bonchev–Trinajstić information content (AvgIpc) is 2.85. The van der Waals surface area contributed by atoms with Gasteiger partial charge in [-0.15, -0.1) is 0 Å². The molecule has 4 rings (SSSR count). The van der Waals surface area contributed by atoms with E-state index in [1.807, 2.05) is 0 Å². The van der Waals surface area contributed by atoms with Crippen LogP contribution in [0, 0.1) is 34.5 Å². The molecule has 2 bridgehead atoms. The SMILES string of the molecule is C[C@H]1C(=O)CC[C@]2(C)[C@@H]1CC[C@H]1C[C@@H]3C[C@@]12CC[C@]3(O)CO. The summed E-state index contributed by atoms with van der Waals surface area (Å²) in [7, 11) is 0. The molecule has 4 fully saturated rings. The van der Waals surface area contributed by atoms with Crippen molar-refractivity contribution in [2.24, 2.45) is 34.5 Å². The van der Waals surface area contributed by atoms with Gasteiger partial charge >= 0.3 is 0 Å². The third kappa shape index (κ3) is 1.62. The van der Waals surface area contributed by atoms with E-state index in [0.717, 1.165) is 38.5 Å². The van der Waals surface area contributed by atoms with Crippen LogP contribution < -0.4 is 0 Å². The highest BCUT2D eigenvalue weighted by atomic mass is 16.3. The molecule has 0 aromatic rings. The molecule has 0 aromatic carbocycles. The van der Waals surface area contributed by atoms with Crippen LogP contribution in [0.5, 0.6) is 0 Å². The normalized spacial score (nSPS) is 57.4. The summed E-state index contributed by atoms with van der Waals surface area (Å²) in [5.41, 5.74) is -0.268. The average molecular weight is 306 g/mol. The van der Waals surface area contributed by atoms with Crippen molar-refractivity contribution in [3.63, 3.8) is 0 Å². The maximum atomic E-state index is 12.2. The van der Waals surface area contributed by atoms with E-state index in [-0.39, 0.29) is 23.9 Å². The van der Waals surface area contributed by atoms with Crippen molar-refractivity contribution >= 4 is 5.78 Å². The second kappa shape index (κ2) is 4.57. The number of Topliss-reactive ketones (excluding diaryl/α,β-unsaturated/α-hetero) is 1. The first-order valence-corrected chi connectivity index (χ1v) is 9.22. The van der Waals surface area contributed by atoms with Gasteiger partial charge in [0.15, 0.2) is 0 Å². The van der Waals surface area contributed by atoms with Crippen LogP contribution in [0.2, 0.25) is 0 Å². The highest BCUT2D eigenvalue weighted by Crippen LogP contribution is 2.73. The fourth-order valence-corrected chi connectivity index (χ4v) is 7.34. The minimum Gasteiger partial charge on any atom is -0.393 e. The van der Waals surface area contributed by atoms with E-state index in [1.54, 1.807) is 0 Å². The van der Waals surface area contributed by atoms with E-state index < -0.39 is 5.60 Å². The molecule has 2 N–H and O–H groups in total. The fraction of sp³-hybridized carbons (Fsp3) is 0.947. The monoisotopic (exact) mass is 306 g/mol. The zero-order chi connectivity index (χ0) is 15.8. The lowest BCUT2D eigenvalue weighted by molar-refractivity contribution is -0.169. The zero-order valence-corrected chi connectivity index (χ0v) is 14.0. The Bertz CT molecular complexity index is 503. The van der Waals surface area contributed by atoms with Gasteiger partial charge in [0.05, 0.1) is 12.2 Å². The molecule has 0 amide bonds. The summed E-state index contributed by atoms with van der Waals surface area (Å²) in [5.74, 6) is 2.17. The summed E-state index contributed by atoms with van der Waals surface area (Å²) >= 11 is 0. The van der Waals surface area contributed by atoms with Gasteiger partial charge in [-0.05, 0) is 73.5 Å². The highest BCUT2D eigenvalue weighted by Gasteiger charge is 2.68. The van der Waals surface area contributed by atoms with Gasteiger partial charge < -0.3 is 10.2 Å². The van der Waals surface area contributed by atoms with Crippen molar-refractivity contribution in [3.05, 3.63) is 0 Å². The Kier molecular flexibility index (Phi) is 3.14. The number of aliphatic hydroxyl groups is 2. The molecule has 0 unspecified atom stereocenters. The molecular formula is C19H30O3. The van der Waals surface area contributed by atoms with Gasteiger partial charge in [-0.2, -0.15) is 0 Å². The van der Waals surface area contributed by atoms with Gasteiger partial charge in [0.25, 0.3) is 0 Å². The standard InChI is InChI=1S/C19H30O3/c1-12-15-4-3-13-9-14-10-18(13,7-8-19(14,22)11-20)17(15,2)6-5-16(12)21/h12-15,20,22H,3-11H2,1-2H3/t12-,13+,14-,15-,17-,18+,19+/m1/s1. The summed E-state index contributed by atoms with van der Waals surface area (Å²) in [5, 5.41) is 20.5. The third-order valence-electron chi connectivity index (χ3n) is 8.78. The lowest BCUT2D eigenvalue weighted by Crippen LogP contribution is -2.58. The molecule has 4 aliphatic rings. The van der Waals surface area contributed by atoms with Crippen molar-refractivity contribution in [2.75, 3.05) is 6.61 Å². The number of fused-ring (bicyclic) bond motifs is 2. The summed E-state index contributed by atoms with van der Waals surface area (Å²) in [4.78, 5) is 12.2. The molecule has 3 nitrogen and oxygen atoms in total. The first-order valence-electron chi connectivity index (χ1n) is 9.22. The quantitative estimate of drug-likeness (QED) is 0.783. The number of carbonyl (C=O) groups excluding carboxylic acids is 1.